The fourth-order valence-electron chi connectivity index (χ4n) is 0.145. The van der Waals surface area contributed by atoms with Crippen molar-refractivity contribution >= 4 is 22.6 Å². The maximum absolute atomic E-state index is 2.22. The van der Waals surface area contributed by atoms with E-state index in [2.05, 4.69) is 42.5 Å². The molecule has 0 saturated carbocycles. The molecule has 0 fully saturated rings. The molecule has 0 aromatic rings. The van der Waals surface area contributed by atoms with E-state index in [1.54, 1.807) is 0 Å². The molecule has 0 nitrogen and oxygen atoms in total. The van der Waals surface area contributed by atoms with Crippen LogP contribution in [0, 0.1) is 5.92 Å². The molecule has 1 heteroatoms. The van der Waals surface area contributed by atoms with Crippen molar-refractivity contribution < 1.29 is 0 Å². The van der Waals surface area contributed by atoms with Gasteiger partial charge in [-0.15, -0.1) is 0 Å². The molecule has 36 valence electrons. The first-order valence-electron chi connectivity index (χ1n) is 2.04. The molecule has 6 heavy (non-hydrogen) atoms. The molecule has 0 heterocycles. The van der Waals surface area contributed by atoms with Crippen molar-refractivity contribution in [2.45, 2.75) is 13.8 Å². The van der Waals surface area contributed by atoms with Crippen molar-refractivity contribution in [3.8, 4) is 0 Å². The lowest BCUT2D eigenvalue weighted by Gasteiger charge is -1.86. The molecular weight excluding hydrogens is 187 g/mol. The molecule has 0 aliphatic heterocycles. The molecule has 0 bridgehead atoms. The molecule has 0 rings (SSSR count). The summed E-state index contributed by atoms with van der Waals surface area (Å²) in [6.07, 6.45) is 2.15. The lowest BCUT2D eigenvalue weighted by atomic mass is 10.2. The Morgan fingerprint density at radius 1 is 1.50 bits per heavy atom. The smallest absolute Gasteiger partial charge is 0.0271 e. The van der Waals surface area contributed by atoms with Crippen LogP contribution < -0.4 is 0 Å². The number of allylic oxidation sites excluding steroid dienone is 1. The molecule has 0 aliphatic carbocycles. The molecule has 0 atom stereocenters. The predicted octanol–water partition coefficient (Wildman–Crippen LogP) is 2.59. The fourth-order valence-corrected chi connectivity index (χ4v) is 0.976. The fraction of sp³-hybridized carbons (Fsp3) is 0.600. The van der Waals surface area contributed by atoms with Crippen LogP contribution in [0.25, 0.3) is 0 Å². The van der Waals surface area contributed by atoms with E-state index in [9.17, 15) is 0 Å². The van der Waals surface area contributed by atoms with Crippen LogP contribution in [0.15, 0.2) is 10.2 Å². The second-order valence-electron chi connectivity index (χ2n) is 1.56. The predicted molar refractivity (Wildman–Crippen MR) is 38.0 cm³/mol. The van der Waals surface area contributed by atoms with Crippen LogP contribution in [0.2, 0.25) is 0 Å². The molecule has 0 aliphatic rings. The molecule has 0 aromatic heterocycles. The van der Waals surface area contributed by atoms with E-state index in [1.165, 1.54) is 0 Å². The van der Waals surface area contributed by atoms with Gasteiger partial charge in [-0.2, -0.15) is 0 Å². The first-order valence-corrected chi connectivity index (χ1v) is 3.29. The van der Waals surface area contributed by atoms with Gasteiger partial charge in [0.25, 0.3) is 0 Å². The summed E-state index contributed by atoms with van der Waals surface area (Å²) in [5, 5.41) is 0. The number of hydrogen-bond donors (Lipinski definition) is 0. The Morgan fingerprint density at radius 2 is 2.00 bits per heavy atom. The Kier molecular flexibility index (Phi) is 3.94. The Morgan fingerprint density at radius 3 is 2.00 bits per heavy atom. The van der Waals surface area contributed by atoms with Gasteiger partial charge in [-0.3, -0.25) is 0 Å². The lowest BCUT2D eigenvalue weighted by molar-refractivity contribution is 0.834. The third kappa shape index (κ3) is 4.47. The quantitative estimate of drug-likeness (QED) is 0.565. The minimum absolute atomic E-state index is 0.710. The van der Waals surface area contributed by atoms with Crippen molar-refractivity contribution in [2.75, 3.05) is 0 Å². The third-order valence-electron chi connectivity index (χ3n) is 0.458. The van der Waals surface area contributed by atoms with E-state index in [0.29, 0.717) is 5.92 Å². The summed E-state index contributed by atoms with van der Waals surface area (Å²) >= 11 is 2.22. The largest absolute Gasteiger partial charge is 0.0759 e. The lowest BCUT2D eigenvalue weighted by Crippen LogP contribution is -1.72. The normalized spacial score (nSPS) is 11.3. The van der Waals surface area contributed by atoms with Gasteiger partial charge < -0.3 is 0 Å². The van der Waals surface area contributed by atoms with Gasteiger partial charge in [0.1, 0.15) is 0 Å². The molecule has 0 saturated heterocycles. The highest BCUT2D eigenvalue weighted by atomic mass is 127. The van der Waals surface area contributed by atoms with Crippen molar-refractivity contribution in [1.82, 2.24) is 0 Å². The number of hydrogen-bond acceptors (Lipinski definition) is 0. The Balaban J connectivity index is 3.03. The zero-order valence-corrected chi connectivity index (χ0v) is 6.27. The standard InChI is InChI=1S/C5H9I/c1-5(2)3-4-6/h3-5H,1-2H3/b4-3+. The van der Waals surface area contributed by atoms with Gasteiger partial charge >= 0.3 is 0 Å². The van der Waals surface area contributed by atoms with Crippen molar-refractivity contribution in [3.05, 3.63) is 10.2 Å². The van der Waals surface area contributed by atoms with Gasteiger partial charge in [0.2, 0.25) is 0 Å². The Labute approximate surface area is 52.8 Å². The molecule has 0 spiro atoms. The van der Waals surface area contributed by atoms with Gasteiger partial charge in [-0.25, -0.2) is 0 Å². The SMILES string of the molecule is CC(C)/C=C/I. The second-order valence-corrected chi connectivity index (χ2v) is 2.28. The van der Waals surface area contributed by atoms with E-state index >= 15 is 0 Å². The summed E-state index contributed by atoms with van der Waals surface area (Å²) in [4.78, 5) is 0. The van der Waals surface area contributed by atoms with Crippen LogP contribution >= 0.6 is 22.6 Å². The molecule has 0 radical (unpaired) electrons. The zero-order valence-electron chi connectivity index (χ0n) is 4.11. The first kappa shape index (κ1) is 6.47. The van der Waals surface area contributed by atoms with Gasteiger partial charge in [0.05, 0.1) is 0 Å². The van der Waals surface area contributed by atoms with Crippen LogP contribution in [0.3, 0.4) is 0 Å². The highest BCUT2D eigenvalue weighted by Gasteiger charge is 1.77. The molecule has 0 N–H and O–H groups in total. The van der Waals surface area contributed by atoms with E-state index < -0.39 is 0 Å². The van der Waals surface area contributed by atoms with Crippen LogP contribution in [0.4, 0.5) is 0 Å². The molecular formula is C5H9I. The van der Waals surface area contributed by atoms with E-state index in [4.69, 9.17) is 0 Å². The van der Waals surface area contributed by atoms with Crippen LogP contribution in [-0.4, -0.2) is 0 Å². The highest BCUT2D eigenvalue weighted by Crippen LogP contribution is 1.95. The minimum Gasteiger partial charge on any atom is -0.0759 e. The van der Waals surface area contributed by atoms with Gasteiger partial charge in [0, 0.05) is 0 Å². The van der Waals surface area contributed by atoms with Gasteiger partial charge in [-0.05, 0) is 10.0 Å². The topological polar surface area (TPSA) is 0 Å². The molecule has 0 unspecified atom stereocenters. The average molecular weight is 196 g/mol. The summed E-state index contributed by atoms with van der Waals surface area (Å²) in [5.74, 6) is 0.710. The van der Waals surface area contributed by atoms with E-state index in [1.807, 2.05) is 4.08 Å². The minimum atomic E-state index is 0.710. The van der Waals surface area contributed by atoms with Crippen LogP contribution in [0.5, 0.6) is 0 Å². The maximum Gasteiger partial charge on any atom is -0.0271 e. The summed E-state index contributed by atoms with van der Waals surface area (Å²) in [7, 11) is 0. The van der Waals surface area contributed by atoms with Crippen molar-refractivity contribution in [2.24, 2.45) is 5.92 Å². The van der Waals surface area contributed by atoms with Gasteiger partial charge in [0.15, 0.2) is 0 Å². The van der Waals surface area contributed by atoms with Gasteiger partial charge in [-0.1, -0.05) is 42.5 Å². The number of halogens is 1. The third-order valence-corrected chi connectivity index (χ3v) is 0.873. The average Bonchev–Trinajstić information content (AvgIpc) is 1.35. The van der Waals surface area contributed by atoms with E-state index in [-0.39, 0.29) is 0 Å². The Hall–Kier alpha value is 0.470. The summed E-state index contributed by atoms with van der Waals surface area (Å²) in [5.41, 5.74) is 0. The Bertz CT molecular complexity index is 45.9. The van der Waals surface area contributed by atoms with Crippen molar-refractivity contribution in [1.29, 1.82) is 0 Å². The van der Waals surface area contributed by atoms with E-state index in [0.717, 1.165) is 0 Å². The highest BCUT2D eigenvalue weighted by molar-refractivity contribution is 14.1. The van der Waals surface area contributed by atoms with Crippen LogP contribution in [0.1, 0.15) is 13.8 Å². The monoisotopic (exact) mass is 196 g/mol. The van der Waals surface area contributed by atoms with Crippen LogP contribution in [-0.2, 0) is 0 Å². The summed E-state index contributed by atoms with van der Waals surface area (Å²) < 4.78 is 2.04. The summed E-state index contributed by atoms with van der Waals surface area (Å²) in [6, 6.07) is 0. The van der Waals surface area contributed by atoms with Crippen molar-refractivity contribution in [3.63, 3.8) is 0 Å². The molecule has 0 aromatic carbocycles. The first-order chi connectivity index (χ1) is 2.77. The second kappa shape index (κ2) is 3.65. The number of rotatable bonds is 1. The molecule has 0 amide bonds. The zero-order chi connectivity index (χ0) is 4.99. The summed E-state index contributed by atoms with van der Waals surface area (Å²) in [6.45, 7) is 4.32. The maximum atomic E-state index is 2.22.